The average molecular weight is 564 g/mol. The average Bonchev–Trinajstić information content (AvgIpc) is 3.59. The molecule has 1 unspecified atom stereocenters. The van der Waals surface area contributed by atoms with Crippen molar-refractivity contribution >= 4 is 17.8 Å². The zero-order valence-corrected chi connectivity index (χ0v) is 20.9. The summed E-state index contributed by atoms with van der Waals surface area (Å²) in [5.74, 6) is -2.42. The molecule has 40 heavy (non-hydrogen) atoms. The van der Waals surface area contributed by atoms with Crippen molar-refractivity contribution in [2.24, 2.45) is 0 Å². The lowest BCUT2D eigenvalue weighted by Gasteiger charge is -2.17. The molecule has 1 atom stereocenters. The Morgan fingerprint density at radius 1 is 1.05 bits per heavy atom. The Bertz CT molecular complexity index is 1380. The highest BCUT2D eigenvalue weighted by Crippen LogP contribution is 2.36. The molecule has 12 nitrogen and oxygen atoms in total. The molecule has 1 aromatic carbocycles. The van der Waals surface area contributed by atoms with Gasteiger partial charge in [-0.05, 0) is 42.2 Å². The van der Waals surface area contributed by atoms with E-state index < -0.39 is 30.5 Å². The molecule has 0 fully saturated rings. The number of fused-ring (bicyclic) bond motifs is 2. The maximum atomic E-state index is 12.4. The van der Waals surface area contributed by atoms with E-state index in [1.165, 1.54) is 0 Å². The van der Waals surface area contributed by atoms with Crippen LogP contribution in [-0.4, -0.2) is 46.6 Å². The van der Waals surface area contributed by atoms with Crippen molar-refractivity contribution in [2.45, 2.75) is 51.0 Å². The first-order chi connectivity index (χ1) is 19.2. The Hall–Kier alpha value is -4.40. The molecule has 0 spiro atoms. The lowest BCUT2D eigenvalue weighted by Crippen LogP contribution is -2.27. The number of carbonyl (C=O) groups excluding carboxylic acids is 2. The zero-order valence-electron chi connectivity index (χ0n) is 20.9. The number of rotatable bonds is 9. The van der Waals surface area contributed by atoms with Gasteiger partial charge in [0, 0.05) is 18.9 Å². The number of aryl methyl sites for hydroxylation is 1. The number of nitrogens with zero attached hydrogens (tertiary/aromatic N) is 3. The van der Waals surface area contributed by atoms with Crippen LogP contribution < -0.4 is 14.8 Å². The molecule has 15 heteroatoms. The Kier molecular flexibility index (Phi) is 8.00. The summed E-state index contributed by atoms with van der Waals surface area (Å²) in [4.78, 5) is 39.7. The highest BCUT2D eigenvalue weighted by atomic mass is 19.4. The minimum absolute atomic E-state index is 0.00695. The summed E-state index contributed by atoms with van der Waals surface area (Å²) in [6.07, 6.45) is -3.74. The topological polar surface area (TPSA) is 144 Å². The molecule has 2 aromatic heterocycles. The largest absolute Gasteiger partial charge is 0.495 e. The van der Waals surface area contributed by atoms with Crippen LogP contribution in [0, 0.1) is 0 Å². The molecular formula is C25H23F3N4O8. The Labute approximate surface area is 224 Å². The van der Waals surface area contributed by atoms with Crippen LogP contribution in [0.1, 0.15) is 47.3 Å². The van der Waals surface area contributed by atoms with Gasteiger partial charge in [-0.3, -0.25) is 0 Å². The summed E-state index contributed by atoms with van der Waals surface area (Å²) in [7, 11) is 0. The molecule has 0 saturated carbocycles. The second-order valence-electron chi connectivity index (χ2n) is 8.98. The van der Waals surface area contributed by atoms with Gasteiger partial charge in [0.1, 0.15) is 12.4 Å². The molecular weight excluding hydrogens is 541 g/mol. The summed E-state index contributed by atoms with van der Waals surface area (Å²) >= 11 is 0. The van der Waals surface area contributed by atoms with Gasteiger partial charge in [0.2, 0.25) is 12.7 Å². The number of benzene rings is 1. The van der Waals surface area contributed by atoms with E-state index in [0.29, 0.717) is 17.1 Å². The second kappa shape index (κ2) is 11.8. The molecule has 0 amide bonds. The van der Waals surface area contributed by atoms with Crippen LogP contribution in [0.5, 0.6) is 11.5 Å². The van der Waals surface area contributed by atoms with Crippen LogP contribution >= 0.6 is 0 Å². The first kappa shape index (κ1) is 27.2. The van der Waals surface area contributed by atoms with Gasteiger partial charge in [-0.15, -0.1) is 0 Å². The van der Waals surface area contributed by atoms with E-state index in [1.54, 1.807) is 18.2 Å². The molecule has 4 heterocycles. The zero-order chi connectivity index (χ0) is 28.1. The summed E-state index contributed by atoms with van der Waals surface area (Å²) < 4.78 is 58.7. The maximum Gasteiger partial charge on any atom is 0.495 e. The van der Waals surface area contributed by atoms with Crippen molar-refractivity contribution in [3.05, 3.63) is 58.9 Å². The fraction of sp³-hybridized carbons (Fsp3) is 0.400. The van der Waals surface area contributed by atoms with E-state index in [9.17, 15) is 22.8 Å². The summed E-state index contributed by atoms with van der Waals surface area (Å²) in [5, 5.41) is 7.15. The molecule has 0 saturated heterocycles. The van der Waals surface area contributed by atoms with Crippen molar-refractivity contribution < 1.29 is 51.3 Å². The van der Waals surface area contributed by atoms with Crippen LogP contribution in [0.25, 0.3) is 0 Å². The van der Waals surface area contributed by atoms with Crippen LogP contribution in [0.3, 0.4) is 0 Å². The second-order valence-corrected chi connectivity index (χ2v) is 8.98. The van der Waals surface area contributed by atoms with Gasteiger partial charge in [-0.1, -0.05) is 17.3 Å². The Morgan fingerprint density at radius 2 is 1.90 bits per heavy atom. The molecule has 0 aliphatic carbocycles. The van der Waals surface area contributed by atoms with Crippen molar-refractivity contribution in [3.63, 3.8) is 0 Å². The monoisotopic (exact) mass is 564 g/mol. The van der Waals surface area contributed by atoms with Gasteiger partial charge in [0.05, 0.1) is 18.7 Å². The van der Waals surface area contributed by atoms with Gasteiger partial charge in [-0.2, -0.15) is 18.2 Å². The molecule has 0 bridgehead atoms. The third-order valence-electron chi connectivity index (χ3n) is 6.09. The fourth-order valence-corrected chi connectivity index (χ4v) is 4.18. The number of carbonyl (C=O) groups is 2. The number of aromatic nitrogens is 3. The third kappa shape index (κ3) is 6.77. The number of pyridine rings is 1. The number of anilines is 1. The van der Waals surface area contributed by atoms with Crippen LogP contribution in [0.2, 0.25) is 0 Å². The van der Waals surface area contributed by atoms with Crippen molar-refractivity contribution in [1.29, 1.82) is 0 Å². The van der Waals surface area contributed by atoms with E-state index in [4.69, 9.17) is 18.7 Å². The number of hydrogen-bond donors (Lipinski definition) is 1. The number of alkyl halides is 3. The summed E-state index contributed by atoms with van der Waals surface area (Å²) in [5.41, 5.74) is 2.45. The molecule has 2 aliphatic heterocycles. The number of ether oxygens (including phenoxy) is 3. The van der Waals surface area contributed by atoms with Crippen molar-refractivity contribution in [2.75, 3.05) is 18.7 Å². The van der Waals surface area contributed by atoms with E-state index >= 15 is 0 Å². The maximum absolute atomic E-state index is 12.4. The predicted molar refractivity (Wildman–Crippen MR) is 126 cm³/mol. The normalized spacial score (nSPS) is 14.7. The number of nitrogens with one attached hydrogen (secondary N) is 1. The molecule has 1 N–H and O–H groups in total. The van der Waals surface area contributed by atoms with Gasteiger partial charge >= 0.3 is 18.1 Å². The van der Waals surface area contributed by atoms with E-state index in [2.05, 4.69) is 30.2 Å². The highest BCUT2D eigenvalue weighted by molar-refractivity contribution is 5.77. The van der Waals surface area contributed by atoms with E-state index in [1.807, 2.05) is 12.1 Å². The lowest BCUT2D eigenvalue weighted by atomic mass is 9.92. The molecule has 5 rings (SSSR count). The first-order valence-corrected chi connectivity index (χ1v) is 12.2. The van der Waals surface area contributed by atoms with Crippen molar-refractivity contribution in [1.82, 2.24) is 15.1 Å². The Morgan fingerprint density at radius 3 is 2.75 bits per heavy atom. The minimum atomic E-state index is -5.31. The van der Waals surface area contributed by atoms with Gasteiger partial charge in [0.15, 0.2) is 17.3 Å². The minimum Gasteiger partial charge on any atom is -0.454 e. The summed E-state index contributed by atoms with van der Waals surface area (Å²) in [6.45, 7) is 1.14. The molecule has 3 aromatic rings. The van der Waals surface area contributed by atoms with Crippen LogP contribution in [-0.2, 0) is 50.2 Å². The van der Waals surface area contributed by atoms with Gasteiger partial charge in [-0.25, -0.2) is 24.3 Å². The van der Waals surface area contributed by atoms with E-state index in [0.717, 1.165) is 36.5 Å². The van der Waals surface area contributed by atoms with E-state index in [-0.39, 0.29) is 38.1 Å². The predicted octanol–water partition coefficient (Wildman–Crippen LogP) is 3.55. The smallest absolute Gasteiger partial charge is 0.454 e. The lowest BCUT2D eigenvalue weighted by molar-refractivity contribution is -0.286. The molecule has 212 valence electrons. The van der Waals surface area contributed by atoms with Crippen LogP contribution in [0.15, 0.2) is 34.9 Å². The van der Waals surface area contributed by atoms with Crippen LogP contribution in [0.4, 0.5) is 19.0 Å². The highest BCUT2D eigenvalue weighted by Gasteiger charge is 2.43. The number of halogens is 3. The van der Waals surface area contributed by atoms with Gasteiger partial charge in [0.25, 0.3) is 0 Å². The third-order valence-corrected chi connectivity index (χ3v) is 6.09. The molecule has 0 radical (unpaired) electrons. The van der Waals surface area contributed by atoms with Gasteiger partial charge < -0.3 is 24.1 Å². The molecule has 2 aliphatic rings. The SMILES string of the molecule is O=C(CC(Cc1nc(COCc2ccc3c(n2)NCCC3)no1)c1ccc2c(c1)OCO2)OOC(=O)C(F)(F)F. The van der Waals surface area contributed by atoms with Crippen molar-refractivity contribution in [3.8, 4) is 11.5 Å². The number of hydrogen-bond acceptors (Lipinski definition) is 12. The quantitative estimate of drug-likeness (QED) is 0.300. The first-order valence-electron chi connectivity index (χ1n) is 12.2. The Balaban J connectivity index is 1.21. The fourth-order valence-electron chi connectivity index (χ4n) is 4.18. The standard InChI is InChI=1S/C25H23F3N4O8/c26-25(27,28)24(34)40-39-22(33)10-16(15-4-6-18-19(8-15)37-13-36-18)9-21-31-20(32-38-21)12-35-11-17-5-3-14-2-1-7-29-23(14)30-17/h3-6,8,16H,1-2,7,9-13H2,(H,29,30). The summed E-state index contributed by atoms with van der Waals surface area (Å²) in [6, 6.07) is 8.80.